The van der Waals surface area contributed by atoms with Crippen molar-refractivity contribution in [1.82, 2.24) is 15.3 Å². The standard InChI is InChI=1S/C21H21ClN4O3S2/c1-21(2,18-12-30-20(24-18)26-31(28,29)17-7-8-17)25-19(27)14-5-3-13(4-6-14)15-9-16(22)11-23-10-15/h3-6,9-12,17H,7-8H2,1-2H3,(H,24,26)(H,25,27). The van der Waals surface area contributed by atoms with E-state index in [2.05, 4.69) is 20.0 Å². The first kappa shape index (κ1) is 21.7. The van der Waals surface area contributed by atoms with E-state index in [-0.39, 0.29) is 11.2 Å². The highest BCUT2D eigenvalue weighted by molar-refractivity contribution is 7.93. The van der Waals surface area contributed by atoms with Crippen LogP contribution in [-0.4, -0.2) is 29.5 Å². The lowest BCUT2D eigenvalue weighted by molar-refractivity contribution is 0.0910. The van der Waals surface area contributed by atoms with Crippen molar-refractivity contribution in [2.45, 2.75) is 37.5 Å². The van der Waals surface area contributed by atoms with Crippen molar-refractivity contribution < 1.29 is 13.2 Å². The molecule has 0 saturated heterocycles. The molecule has 1 fully saturated rings. The summed E-state index contributed by atoms with van der Waals surface area (Å²) >= 11 is 7.20. The van der Waals surface area contributed by atoms with Crippen LogP contribution in [0, 0.1) is 0 Å². The third-order valence-electron chi connectivity index (χ3n) is 4.95. The van der Waals surface area contributed by atoms with Crippen LogP contribution >= 0.6 is 22.9 Å². The van der Waals surface area contributed by atoms with Gasteiger partial charge in [-0.25, -0.2) is 13.4 Å². The van der Waals surface area contributed by atoms with Crippen LogP contribution in [0.5, 0.6) is 0 Å². The van der Waals surface area contributed by atoms with Gasteiger partial charge in [-0.1, -0.05) is 23.7 Å². The molecule has 0 atom stereocenters. The summed E-state index contributed by atoms with van der Waals surface area (Å²) in [5.41, 5.74) is 2.06. The van der Waals surface area contributed by atoms with Gasteiger partial charge in [-0.2, -0.15) is 0 Å². The maximum Gasteiger partial charge on any atom is 0.252 e. The fourth-order valence-corrected chi connectivity index (χ4v) is 5.64. The summed E-state index contributed by atoms with van der Waals surface area (Å²) in [5.74, 6) is -0.256. The Morgan fingerprint density at radius 2 is 1.87 bits per heavy atom. The molecule has 10 heteroatoms. The number of hydrogen-bond donors (Lipinski definition) is 2. The van der Waals surface area contributed by atoms with Gasteiger partial charge in [0.15, 0.2) is 5.13 Å². The molecular formula is C21H21ClN4O3S2. The SMILES string of the molecule is CC(C)(NC(=O)c1ccc(-c2cncc(Cl)c2)cc1)c1csc(NS(=O)(=O)C2CC2)n1. The van der Waals surface area contributed by atoms with Gasteiger partial charge in [-0.15, -0.1) is 11.3 Å². The number of nitrogens with zero attached hydrogens (tertiary/aromatic N) is 2. The molecule has 4 rings (SSSR count). The minimum atomic E-state index is -3.37. The number of pyridine rings is 1. The number of halogens is 1. The lowest BCUT2D eigenvalue weighted by atomic mass is 10.0. The van der Waals surface area contributed by atoms with Gasteiger partial charge in [-0.05, 0) is 50.5 Å². The molecule has 3 aromatic rings. The quantitative estimate of drug-likeness (QED) is 0.525. The number of sulfonamides is 1. The van der Waals surface area contributed by atoms with E-state index in [9.17, 15) is 13.2 Å². The van der Waals surface area contributed by atoms with Crippen molar-refractivity contribution in [1.29, 1.82) is 0 Å². The highest BCUT2D eigenvalue weighted by Gasteiger charge is 2.36. The summed E-state index contributed by atoms with van der Waals surface area (Å²) < 4.78 is 26.8. The van der Waals surface area contributed by atoms with Crippen LogP contribution in [0.4, 0.5) is 5.13 Å². The van der Waals surface area contributed by atoms with Gasteiger partial charge in [0.1, 0.15) is 0 Å². The Balaban J connectivity index is 1.45. The fraction of sp³-hybridized carbons (Fsp3) is 0.286. The van der Waals surface area contributed by atoms with E-state index in [4.69, 9.17) is 11.6 Å². The zero-order valence-corrected chi connectivity index (χ0v) is 19.3. The summed E-state index contributed by atoms with van der Waals surface area (Å²) in [6, 6.07) is 8.95. The number of hydrogen-bond acceptors (Lipinski definition) is 6. The van der Waals surface area contributed by atoms with Gasteiger partial charge in [-0.3, -0.25) is 14.5 Å². The Morgan fingerprint density at radius 3 is 2.52 bits per heavy atom. The van der Waals surface area contributed by atoms with Crippen molar-refractivity contribution in [3.8, 4) is 11.1 Å². The Bertz CT molecular complexity index is 1220. The smallest absolute Gasteiger partial charge is 0.252 e. The first-order valence-electron chi connectivity index (χ1n) is 9.65. The third kappa shape index (κ3) is 5.06. The van der Waals surface area contributed by atoms with E-state index in [1.54, 1.807) is 29.9 Å². The molecule has 1 aromatic carbocycles. The minimum absolute atomic E-state index is 0.256. The van der Waals surface area contributed by atoms with Crippen LogP contribution in [0.1, 0.15) is 42.7 Å². The molecular weight excluding hydrogens is 456 g/mol. The van der Waals surface area contributed by atoms with Crippen LogP contribution < -0.4 is 10.0 Å². The average molecular weight is 477 g/mol. The maximum absolute atomic E-state index is 12.8. The van der Waals surface area contributed by atoms with Crippen LogP contribution in [0.2, 0.25) is 5.02 Å². The average Bonchev–Trinajstić information content (AvgIpc) is 3.48. The van der Waals surface area contributed by atoms with E-state index >= 15 is 0 Å². The topological polar surface area (TPSA) is 101 Å². The number of aromatic nitrogens is 2. The summed E-state index contributed by atoms with van der Waals surface area (Å²) in [5, 5.41) is 5.25. The Labute approximate surface area is 189 Å². The van der Waals surface area contributed by atoms with Gasteiger partial charge in [0, 0.05) is 28.9 Å². The molecule has 0 radical (unpaired) electrons. The zero-order chi connectivity index (χ0) is 22.2. The second-order valence-corrected chi connectivity index (χ2v) is 11.2. The van der Waals surface area contributed by atoms with Crippen molar-refractivity contribution in [2.24, 2.45) is 0 Å². The van der Waals surface area contributed by atoms with Crippen molar-refractivity contribution >= 4 is 44.0 Å². The normalized spacial score (nSPS) is 14.3. The molecule has 162 valence electrons. The molecule has 2 aromatic heterocycles. The van der Waals surface area contributed by atoms with Gasteiger partial charge in [0.2, 0.25) is 10.0 Å². The molecule has 1 aliphatic carbocycles. The minimum Gasteiger partial charge on any atom is -0.341 e. The number of nitrogens with one attached hydrogen (secondary N) is 2. The molecule has 1 saturated carbocycles. The highest BCUT2D eigenvalue weighted by Crippen LogP contribution is 2.32. The van der Waals surface area contributed by atoms with Crippen molar-refractivity contribution in [3.05, 3.63) is 64.4 Å². The molecule has 0 bridgehead atoms. The van der Waals surface area contributed by atoms with Crippen molar-refractivity contribution in [2.75, 3.05) is 4.72 Å². The number of thiazole rings is 1. The van der Waals surface area contributed by atoms with Crippen LogP contribution in [0.15, 0.2) is 48.1 Å². The Morgan fingerprint density at radius 1 is 1.16 bits per heavy atom. The highest BCUT2D eigenvalue weighted by atomic mass is 35.5. The van der Waals surface area contributed by atoms with Gasteiger partial charge < -0.3 is 5.32 Å². The molecule has 31 heavy (non-hydrogen) atoms. The second kappa shape index (κ2) is 8.22. The summed E-state index contributed by atoms with van der Waals surface area (Å²) in [7, 11) is -3.37. The Hall–Kier alpha value is -2.49. The zero-order valence-electron chi connectivity index (χ0n) is 16.9. The number of amides is 1. The molecule has 7 nitrogen and oxygen atoms in total. The molecule has 2 N–H and O–H groups in total. The molecule has 0 spiro atoms. The molecule has 1 aliphatic rings. The van der Waals surface area contributed by atoms with Crippen LogP contribution in [-0.2, 0) is 15.6 Å². The summed E-state index contributed by atoms with van der Waals surface area (Å²) in [4.78, 5) is 21.2. The first-order chi connectivity index (χ1) is 14.6. The van der Waals surface area contributed by atoms with Gasteiger partial charge in [0.25, 0.3) is 5.91 Å². The van der Waals surface area contributed by atoms with Gasteiger partial charge >= 0.3 is 0 Å². The molecule has 2 heterocycles. The predicted octanol–water partition coefficient (Wildman–Crippen LogP) is 4.43. The number of rotatable bonds is 7. The predicted molar refractivity (Wildman–Crippen MR) is 123 cm³/mol. The van der Waals surface area contributed by atoms with Crippen molar-refractivity contribution in [3.63, 3.8) is 0 Å². The van der Waals surface area contributed by atoms with E-state index in [1.807, 2.05) is 32.0 Å². The summed E-state index contributed by atoms with van der Waals surface area (Å²) in [6.07, 6.45) is 4.64. The van der Waals surface area contributed by atoms with E-state index in [0.29, 0.717) is 34.3 Å². The van der Waals surface area contributed by atoms with E-state index in [1.165, 1.54) is 11.3 Å². The molecule has 1 amide bonds. The largest absolute Gasteiger partial charge is 0.341 e. The summed E-state index contributed by atoms with van der Waals surface area (Å²) in [6.45, 7) is 3.65. The maximum atomic E-state index is 12.8. The molecule has 0 aliphatic heterocycles. The second-order valence-electron chi connectivity index (χ2n) is 7.93. The number of anilines is 1. The first-order valence-corrected chi connectivity index (χ1v) is 12.5. The molecule has 0 unspecified atom stereocenters. The monoisotopic (exact) mass is 476 g/mol. The van der Waals surface area contributed by atoms with E-state index in [0.717, 1.165) is 11.1 Å². The number of carbonyl (C=O) groups excluding carboxylic acids is 1. The van der Waals surface area contributed by atoms with Gasteiger partial charge in [0.05, 0.1) is 21.5 Å². The van der Waals surface area contributed by atoms with Crippen LogP contribution in [0.3, 0.4) is 0 Å². The lowest BCUT2D eigenvalue weighted by Crippen LogP contribution is -2.41. The number of carbonyl (C=O) groups is 1. The third-order valence-corrected chi connectivity index (χ3v) is 7.87. The fourth-order valence-electron chi connectivity index (χ4n) is 2.99. The number of benzene rings is 1. The van der Waals surface area contributed by atoms with E-state index < -0.39 is 15.6 Å². The Kier molecular flexibility index (Phi) is 5.76. The lowest BCUT2D eigenvalue weighted by Gasteiger charge is -2.24. The van der Waals surface area contributed by atoms with Crippen LogP contribution in [0.25, 0.3) is 11.1 Å².